The molecule has 3 saturated heterocycles. The number of nitrogens with zero attached hydrogens (tertiary/aromatic N) is 2. The van der Waals surface area contributed by atoms with Crippen LogP contribution in [0.3, 0.4) is 0 Å². The molecular weight excluding hydrogens is 267 g/mol. The van der Waals surface area contributed by atoms with Crippen LogP contribution in [0.4, 0.5) is 4.39 Å². The van der Waals surface area contributed by atoms with Gasteiger partial charge in [-0.15, -0.1) is 0 Å². The standard InChI is InChI=1S/C14H16ClFN2O/c15-11-3-1-2-10(14(11)16)8-13(19)12-9-17-4-6-18(12)7-5-17/h1-3,12H,4-9H2. The second kappa shape index (κ2) is 5.19. The van der Waals surface area contributed by atoms with Gasteiger partial charge in [0.05, 0.1) is 11.1 Å². The number of piperazine rings is 3. The van der Waals surface area contributed by atoms with Crippen LogP contribution in [0.15, 0.2) is 18.2 Å². The molecule has 0 saturated carbocycles. The molecule has 0 aromatic heterocycles. The fourth-order valence-electron chi connectivity index (χ4n) is 2.91. The molecule has 1 aromatic carbocycles. The molecule has 1 atom stereocenters. The summed E-state index contributed by atoms with van der Waals surface area (Å²) in [5.41, 5.74) is 0.398. The first-order valence-corrected chi connectivity index (χ1v) is 6.95. The number of rotatable bonds is 3. The van der Waals surface area contributed by atoms with Gasteiger partial charge in [0.15, 0.2) is 5.78 Å². The van der Waals surface area contributed by atoms with E-state index in [1.807, 2.05) is 0 Å². The molecule has 0 aliphatic carbocycles. The van der Waals surface area contributed by atoms with Gasteiger partial charge in [0.2, 0.25) is 0 Å². The highest BCUT2D eigenvalue weighted by atomic mass is 35.5. The predicted octanol–water partition coefficient (Wildman–Crippen LogP) is 1.59. The first-order chi connectivity index (χ1) is 9.15. The van der Waals surface area contributed by atoms with Crippen molar-refractivity contribution in [2.75, 3.05) is 32.7 Å². The Kier molecular flexibility index (Phi) is 3.56. The molecule has 0 N–H and O–H groups in total. The number of hydrogen-bond donors (Lipinski definition) is 0. The van der Waals surface area contributed by atoms with Gasteiger partial charge >= 0.3 is 0 Å². The first-order valence-electron chi connectivity index (χ1n) is 6.57. The lowest BCUT2D eigenvalue weighted by molar-refractivity contribution is -0.128. The van der Waals surface area contributed by atoms with E-state index in [1.165, 1.54) is 6.07 Å². The average Bonchev–Trinajstić information content (AvgIpc) is 2.45. The molecule has 0 radical (unpaired) electrons. The maximum atomic E-state index is 13.8. The molecule has 1 unspecified atom stereocenters. The van der Waals surface area contributed by atoms with Crippen LogP contribution in [0.2, 0.25) is 5.02 Å². The third-order valence-corrected chi connectivity index (χ3v) is 4.34. The minimum Gasteiger partial charge on any atom is -0.299 e. The minimum atomic E-state index is -0.464. The SMILES string of the molecule is O=C(Cc1cccc(Cl)c1F)C1CN2CCN1CC2. The quantitative estimate of drug-likeness (QED) is 0.841. The number of carbonyl (C=O) groups is 1. The first kappa shape index (κ1) is 13.0. The lowest BCUT2D eigenvalue weighted by atomic mass is 9.98. The highest BCUT2D eigenvalue weighted by Crippen LogP contribution is 2.21. The van der Waals surface area contributed by atoms with Crippen molar-refractivity contribution in [1.29, 1.82) is 0 Å². The summed E-state index contributed by atoms with van der Waals surface area (Å²) in [7, 11) is 0. The van der Waals surface area contributed by atoms with Crippen LogP contribution < -0.4 is 0 Å². The Balaban J connectivity index is 1.73. The molecule has 3 aliphatic rings. The number of ketones is 1. The van der Waals surface area contributed by atoms with Gasteiger partial charge in [-0.3, -0.25) is 14.6 Å². The summed E-state index contributed by atoms with van der Waals surface area (Å²) in [5.74, 6) is -0.376. The van der Waals surface area contributed by atoms with E-state index >= 15 is 0 Å². The number of carbonyl (C=O) groups excluding carboxylic acids is 1. The van der Waals surface area contributed by atoms with Crippen LogP contribution in [0, 0.1) is 5.82 Å². The van der Waals surface area contributed by atoms with E-state index in [0.717, 1.165) is 32.7 Å². The minimum absolute atomic E-state index is 0.0825. The van der Waals surface area contributed by atoms with Crippen LogP contribution in [0.5, 0.6) is 0 Å². The second-order valence-corrected chi connectivity index (χ2v) is 5.62. The van der Waals surface area contributed by atoms with Gasteiger partial charge < -0.3 is 0 Å². The predicted molar refractivity (Wildman–Crippen MR) is 71.9 cm³/mol. The monoisotopic (exact) mass is 282 g/mol. The molecule has 0 amide bonds. The van der Waals surface area contributed by atoms with E-state index < -0.39 is 5.82 Å². The summed E-state index contributed by atoms with van der Waals surface area (Å²) in [4.78, 5) is 16.9. The Labute approximate surface area is 116 Å². The lowest BCUT2D eigenvalue weighted by Crippen LogP contribution is -2.63. The van der Waals surface area contributed by atoms with E-state index in [1.54, 1.807) is 12.1 Å². The Hall–Kier alpha value is -0.970. The van der Waals surface area contributed by atoms with Crippen molar-refractivity contribution in [3.8, 4) is 0 Å². The van der Waals surface area contributed by atoms with E-state index in [-0.39, 0.29) is 23.3 Å². The van der Waals surface area contributed by atoms with Gasteiger partial charge in [-0.2, -0.15) is 0 Å². The molecule has 1 aromatic rings. The van der Waals surface area contributed by atoms with E-state index in [9.17, 15) is 9.18 Å². The van der Waals surface area contributed by atoms with Crippen molar-refractivity contribution in [2.45, 2.75) is 12.5 Å². The molecular formula is C14H16ClFN2O. The molecule has 19 heavy (non-hydrogen) atoms. The van der Waals surface area contributed by atoms with Crippen LogP contribution in [-0.2, 0) is 11.2 Å². The van der Waals surface area contributed by atoms with Gasteiger partial charge in [-0.1, -0.05) is 23.7 Å². The topological polar surface area (TPSA) is 23.6 Å². The zero-order chi connectivity index (χ0) is 13.4. The van der Waals surface area contributed by atoms with Crippen molar-refractivity contribution < 1.29 is 9.18 Å². The van der Waals surface area contributed by atoms with E-state index in [4.69, 9.17) is 11.6 Å². The Morgan fingerprint density at radius 1 is 1.32 bits per heavy atom. The fraction of sp³-hybridized carbons (Fsp3) is 0.500. The molecule has 0 spiro atoms. The molecule has 102 valence electrons. The van der Waals surface area contributed by atoms with E-state index in [0.29, 0.717) is 5.56 Å². The number of hydrogen-bond acceptors (Lipinski definition) is 3. The Morgan fingerprint density at radius 3 is 2.68 bits per heavy atom. The van der Waals surface area contributed by atoms with Crippen LogP contribution in [0.25, 0.3) is 0 Å². The second-order valence-electron chi connectivity index (χ2n) is 5.21. The molecule has 3 nitrogen and oxygen atoms in total. The molecule has 3 fully saturated rings. The molecule has 3 heterocycles. The van der Waals surface area contributed by atoms with Crippen LogP contribution in [-0.4, -0.2) is 54.3 Å². The van der Waals surface area contributed by atoms with Crippen LogP contribution in [0.1, 0.15) is 5.56 Å². The van der Waals surface area contributed by atoms with Gasteiger partial charge in [-0.25, -0.2) is 4.39 Å². The molecule has 4 rings (SSSR count). The summed E-state index contributed by atoms with van der Waals surface area (Å²) >= 11 is 5.74. The maximum Gasteiger partial charge on any atom is 0.155 e. The van der Waals surface area contributed by atoms with Crippen molar-refractivity contribution in [1.82, 2.24) is 9.80 Å². The van der Waals surface area contributed by atoms with Gasteiger partial charge in [0, 0.05) is 39.1 Å². The zero-order valence-corrected chi connectivity index (χ0v) is 11.4. The van der Waals surface area contributed by atoms with E-state index in [2.05, 4.69) is 9.80 Å². The van der Waals surface area contributed by atoms with Crippen molar-refractivity contribution >= 4 is 17.4 Å². The van der Waals surface area contributed by atoms with Gasteiger partial charge in [-0.05, 0) is 11.6 Å². The Morgan fingerprint density at radius 2 is 2.05 bits per heavy atom. The maximum absolute atomic E-state index is 13.8. The molecule has 3 aliphatic heterocycles. The third-order valence-electron chi connectivity index (χ3n) is 4.05. The van der Waals surface area contributed by atoms with Crippen LogP contribution >= 0.6 is 11.6 Å². The summed E-state index contributed by atoms with van der Waals surface area (Å²) in [5, 5.41) is 0.0829. The van der Waals surface area contributed by atoms with Crippen molar-refractivity contribution in [2.24, 2.45) is 0 Å². The average molecular weight is 283 g/mol. The summed E-state index contributed by atoms with van der Waals surface area (Å²) < 4.78 is 13.8. The number of Topliss-reactive ketones (excluding diaryl/α,β-unsaturated/α-hetero) is 1. The Bertz CT molecular complexity index is 500. The van der Waals surface area contributed by atoms with Crippen molar-refractivity contribution in [3.63, 3.8) is 0 Å². The van der Waals surface area contributed by atoms with Gasteiger partial charge in [0.25, 0.3) is 0 Å². The highest BCUT2D eigenvalue weighted by Gasteiger charge is 2.36. The zero-order valence-electron chi connectivity index (χ0n) is 10.6. The number of benzene rings is 1. The highest BCUT2D eigenvalue weighted by molar-refractivity contribution is 6.30. The third kappa shape index (κ3) is 2.53. The number of halogens is 2. The fourth-order valence-corrected chi connectivity index (χ4v) is 3.11. The van der Waals surface area contributed by atoms with Crippen molar-refractivity contribution in [3.05, 3.63) is 34.6 Å². The smallest absolute Gasteiger partial charge is 0.155 e. The molecule has 2 bridgehead atoms. The summed E-state index contributed by atoms with van der Waals surface area (Å²) in [6, 6.07) is 4.74. The molecule has 5 heteroatoms. The van der Waals surface area contributed by atoms with Gasteiger partial charge in [0.1, 0.15) is 5.82 Å². The summed E-state index contributed by atoms with van der Waals surface area (Å²) in [6.45, 7) is 4.73. The largest absolute Gasteiger partial charge is 0.299 e. The normalized spacial score (nSPS) is 29.5. The summed E-state index contributed by atoms with van der Waals surface area (Å²) in [6.07, 6.45) is 0.126. The lowest BCUT2D eigenvalue weighted by Gasteiger charge is -2.46. The number of fused-ring (bicyclic) bond motifs is 3.